The first-order valence-corrected chi connectivity index (χ1v) is 4.10. The van der Waals surface area contributed by atoms with E-state index in [1.54, 1.807) is 0 Å². The van der Waals surface area contributed by atoms with Gasteiger partial charge in [-0.2, -0.15) is 0 Å². The Balaban J connectivity index is 2.17. The maximum atomic E-state index is 6.16. The van der Waals surface area contributed by atoms with Gasteiger partial charge in [0.05, 0.1) is 7.85 Å². The van der Waals surface area contributed by atoms with E-state index in [1.165, 1.54) is 38.5 Å². The molecule has 1 heteroatoms. The van der Waals surface area contributed by atoms with Gasteiger partial charge in [0.1, 0.15) is 0 Å². The summed E-state index contributed by atoms with van der Waals surface area (Å²) in [6.45, 7) is 0. The largest absolute Gasteiger partial charge is 0.0750 e. The van der Waals surface area contributed by atoms with Gasteiger partial charge < -0.3 is 0 Å². The molecule has 0 spiro atoms. The molecule has 0 amide bonds. The molecule has 2 aliphatic carbocycles. The number of rotatable bonds is 0. The SMILES string of the molecule is [B]C12CCCC1CCC2. The second kappa shape index (κ2) is 1.77. The van der Waals surface area contributed by atoms with Crippen molar-refractivity contribution >= 4 is 7.85 Å². The van der Waals surface area contributed by atoms with Gasteiger partial charge in [-0.25, -0.2) is 0 Å². The molecule has 2 rings (SSSR count). The standard InChI is InChI=1S/C8H13B/c9-8-5-1-3-7(8)4-2-6-8/h7H,1-6H2. The zero-order valence-corrected chi connectivity index (χ0v) is 5.90. The van der Waals surface area contributed by atoms with Crippen LogP contribution >= 0.6 is 0 Å². The molecule has 0 saturated heterocycles. The Kier molecular flexibility index (Phi) is 1.15. The van der Waals surface area contributed by atoms with Crippen molar-refractivity contribution in [2.75, 3.05) is 0 Å². The van der Waals surface area contributed by atoms with Crippen molar-refractivity contribution in [1.82, 2.24) is 0 Å². The molecule has 2 saturated carbocycles. The van der Waals surface area contributed by atoms with Gasteiger partial charge in [0.25, 0.3) is 0 Å². The summed E-state index contributed by atoms with van der Waals surface area (Å²) in [5.41, 5.74) is 0. The lowest BCUT2D eigenvalue weighted by Crippen LogP contribution is -2.10. The minimum absolute atomic E-state index is 0.306. The molecule has 0 unspecified atom stereocenters. The van der Waals surface area contributed by atoms with E-state index in [0.29, 0.717) is 5.31 Å². The molecule has 0 heterocycles. The first-order chi connectivity index (χ1) is 4.31. The highest BCUT2D eigenvalue weighted by Crippen LogP contribution is 2.57. The highest BCUT2D eigenvalue weighted by molar-refractivity contribution is 6.15. The van der Waals surface area contributed by atoms with Crippen LogP contribution in [0.15, 0.2) is 0 Å². The van der Waals surface area contributed by atoms with Crippen LogP contribution in [0.25, 0.3) is 0 Å². The highest BCUT2D eigenvalue weighted by atomic mass is 14.4. The van der Waals surface area contributed by atoms with Crippen LogP contribution in [0.5, 0.6) is 0 Å². The summed E-state index contributed by atoms with van der Waals surface area (Å²) in [4.78, 5) is 0. The quantitative estimate of drug-likeness (QED) is 0.430. The summed E-state index contributed by atoms with van der Waals surface area (Å²) >= 11 is 0. The van der Waals surface area contributed by atoms with Crippen LogP contribution in [0.2, 0.25) is 5.31 Å². The van der Waals surface area contributed by atoms with Crippen molar-refractivity contribution in [3.8, 4) is 0 Å². The molecule has 0 aromatic heterocycles. The van der Waals surface area contributed by atoms with E-state index in [2.05, 4.69) is 0 Å². The van der Waals surface area contributed by atoms with Gasteiger partial charge in [-0.15, -0.1) is 0 Å². The first-order valence-electron chi connectivity index (χ1n) is 4.10. The summed E-state index contributed by atoms with van der Waals surface area (Å²) in [7, 11) is 6.16. The van der Waals surface area contributed by atoms with Crippen LogP contribution in [0.4, 0.5) is 0 Å². The smallest absolute Gasteiger partial charge is 0.0633 e. The van der Waals surface area contributed by atoms with Crippen molar-refractivity contribution in [2.24, 2.45) is 5.92 Å². The summed E-state index contributed by atoms with van der Waals surface area (Å²) in [6.07, 6.45) is 8.21. The Bertz CT molecular complexity index is 110. The van der Waals surface area contributed by atoms with Gasteiger partial charge in [-0.1, -0.05) is 43.8 Å². The van der Waals surface area contributed by atoms with Gasteiger partial charge in [0, 0.05) is 0 Å². The van der Waals surface area contributed by atoms with Crippen LogP contribution in [-0.2, 0) is 0 Å². The molecular formula is C8H13B. The second-order valence-electron chi connectivity index (χ2n) is 3.71. The van der Waals surface area contributed by atoms with Crippen LogP contribution in [-0.4, -0.2) is 7.85 Å². The third kappa shape index (κ3) is 0.737. The van der Waals surface area contributed by atoms with Gasteiger partial charge in [0.15, 0.2) is 0 Å². The zero-order chi connectivity index (χ0) is 6.32. The molecule has 2 radical (unpaired) electrons. The lowest BCUT2D eigenvalue weighted by Gasteiger charge is -2.23. The molecule has 9 heavy (non-hydrogen) atoms. The van der Waals surface area contributed by atoms with Crippen molar-refractivity contribution in [1.29, 1.82) is 0 Å². The Morgan fingerprint density at radius 3 is 2.11 bits per heavy atom. The fourth-order valence-corrected chi connectivity index (χ4v) is 2.61. The summed E-state index contributed by atoms with van der Waals surface area (Å²) in [5.74, 6) is 0.900. The van der Waals surface area contributed by atoms with Gasteiger partial charge in [0.2, 0.25) is 0 Å². The van der Waals surface area contributed by atoms with Crippen LogP contribution in [0, 0.1) is 5.92 Å². The topological polar surface area (TPSA) is 0 Å². The lowest BCUT2D eigenvalue weighted by molar-refractivity contribution is 0.480. The van der Waals surface area contributed by atoms with Crippen LogP contribution in [0.1, 0.15) is 38.5 Å². The second-order valence-corrected chi connectivity index (χ2v) is 3.71. The Morgan fingerprint density at radius 2 is 1.67 bits per heavy atom. The normalized spacial score (nSPS) is 49.6. The van der Waals surface area contributed by atoms with E-state index in [-0.39, 0.29) is 0 Å². The molecule has 0 aromatic rings. The molecule has 0 aliphatic heterocycles. The molecule has 0 nitrogen and oxygen atoms in total. The van der Waals surface area contributed by atoms with E-state index in [9.17, 15) is 0 Å². The molecule has 0 N–H and O–H groups in total. The molecular weight excluding hydrogens is 107 g/mol. The highest BCUT2D eigenvalue weighted by Gasteiger charge is 2.40. The van der Waals surface area contributed by atoms with Crippen molar-refractivity contribution in [3.05, 3.63) is 0 Å². The predicted molar refractivity (Wildman–Crippen MR) is 39.6 cm³/mol. The van der Waals surface area contributed by atoms with Crippen molar-refractivity contribution in [3.63, 3.8) is 0 Å². The number of hydrogen-bond donors (Lipinski definition) is 0. The molecule has 2 aliphatic rings. The van der Waals surface area contributed by atoms with E-state index in [4.69, 9.17) is 7.85 Å². The van der Waals surface area contributed by atoms with Crippen molar-refractivity contribution in [2.45, 2.75) is 43.8 Å². The van der Waals surface area contributed by atoms with Gasteiger partial charge >= 0.3 is 0 Å². The minimum atomic E-state index is 0.306. The fourth-order valence-electron chi connectivity index (χ4n) is 2.61. The van der Waals surface area contributed by atoms with E-state index < -0.39 is 0 Å². The average Bonchev–Trinajstić information content (AvgIpc) is 2.22. The average molecular weight is 120 g/mol. The molecule has 0 aromatic carbocycles. The van der Waals surface area contributed by atoms with Crippen LogP contribution in [0.3, 0.4) is 0 Å². The van der Waals surface area contributed by atoms with Gasteiger partial charge in [-0.05, 0) is 5.92 Å². The molecule has 48 valence electrons. The third-order valence-corrected chi connectivity index (χ3v) is 3.20. The zero-order valence-electron chi connectivity index (χ0n) is 5.90. The molecule has 0 atom stereocenters. The first kappa shape index (κ1) is 5.82. The summed E-state index contributed by atoms with van der Waals surface area (Å²) < 4.78 is 0. The summed E-state index contributed by atoms with van der Waals surface area (Å²) in [6, 6.07) is 0. The maximum Gasteiger partial charge on any atom is 0.0750 e. The summed E-state index contributed by atoms with van der Waals surface area (Å²) in [5, 5.41) is 0.306. The monoisotopic (exact) mass is 120 g/mol. The van der Waals surface area contributed by atoms with E-state index in [0.717, 1.165) is 5.92 Å². The third-order valence-electron chi connectivity index (χ3n) is 3.20. The van der Waals surface area contributed by atoms with E-state index >= 15 is 0 Å². The van der Waals surface area contributed by atoms with Crippen LogP contribution < -0.4 is 0 Å². The van der Waals surface area contributed by atoms with Gasteiger partial charge in [-0.3, -0.25) is 0 Å². The minimum Gasteiger partial charge on any atom is -0.0633 e. The van der Waals surface area contributed by atoms with E-state index in [1.807, 2.05) is 0 Å². The lowest BCUT2D eigenvalue weighted by atomic mass is 9.64. The molecule has 0 bridgehead atoms. The number of hydrogen-bond acceptors (Lipinski definition) is 0. The predicted octanol–water partition coefficient (Wildman–Crippen LogP) is 2.30. The maximum absolute atomic E-state index is 6.16. The molecule has 2 fully saturated rings. The Labute approximate surface area is 58.4 Å². The van der Waals surface area contributed by atoms with Crippen molar-refractivity contribution < 1.29 is 0 Å². The fraction of sp³-hybridized carbons (Fsp3) is 1.00. The Morgan fingerprint density at radius 1 is 1.11 bits per heavy atom. The number of fused-ring (bicyclic) bond motifs is 1. The Hall–Kier alpha value is 0.0649.